The molecule has 1 saturated heterocycles. The molecule has 0 atom stereocenters. The molecule has 2 heterocycles. The van der Waals surface area contributed by atoms with Gasteiger partial charge in [0, 0.05) is 43.0 Å². The van der Waals surface area contributed by atoms with Gasteiger partial charge < -0.3 is 15.2 Å². The number of likely N-dealkylation sites (tertiary alicyclic amines) is 1. The van der Waals surface area contributed by atoms with E-state index in [1.165, 1.54) is 12.1 Å². The Morgan fingerprint density at radius 2 is 2.00 bits per heavy atom. The van der Waals surface area contributed by atoms with Gasteiger partial charge >= 0.3 is 0 Å². The lowest BCUT2D eigenvalue weighted by Gasteiger charge is -2.16. The van der Waals surface area contributed by atoms with Crippen molar-refractivity contribution in [3.8, 4) is 11.1 Å². The molecule has 0 bridgehead atoms. The molecule has 0 spiro atoms. The van der Waals surface area contributed by atoms with Gasteiger partial charge in [0.1, 0.15) is 5.82 Å². The topological polar surface area (TPSA) is 68.3 Å². The van der Waals surface area contributed by atoms with E-state index in [0.29, 0.717) is 36.2 Å². The van der Waals surface area contributed by atoms with Gasteiger partial charge in [-0.2, -0.15) is 0 Å². The average Bonchev–Trinajstić information content (AvgIpc) is 3.10. The number of nitrogens with two attached hydrogens (primary N) is 1. The summed E-state index contributed by atoms with van der Waals surface area (Å²) in [5.41, 5.74) is 9.05. The highest BCUT2D eigenvalue weighted by molar-refractivity contribution is 6.02. The fourth-order valence-corrected chi connectivity index (χ4v) is 3.88. The van der Waals surface area contributed by atoms with Gasteiger partial charge in [-0.05, 0) is 44.4 Å². The monoisotopic (exact) mass is 357 g/mol. The lowest BCUT2D eigenvalue weighted by molar-refractivity contribution is -0.127. The molecule has 2 aromatic rings. The first-order chi connectivity index (χ1) is 12.4. The standard InChI is InChI=1S/C20H24FN3O2/c1-13-18(15-6-3-7-16(21)12-15)19(20(22)26)14(2)24(13)11-5-10-23-9-4-8-17(23)25/h3,6-7,12H,4-5,8-11H2,1-2H3,(H2,22,26). The van der Waals surface area contributed by atoms with E-state index in [0.717, 1.165) is 30.8 Å². The van der Waals surface area contributed by atoms with E-state index in [4.69, 9.17) is 5.73 Å². The van der Waals surface area contributed by atoms with Gasteiger partial charge in [-0.1, -0.05) is 12.1 Å². The fraction of sp³-hybridized carbons (Fsp3) is 0.400. The Labute approximate surface area is 152 Å². The summed E-state index contributed by atoms with van der Waals surface area (Å²) >= 11 is 0. The first-order valence-corrected chi connectivity index (χ1v) is 8.93. The molecule has 2 amide bonds. The number of amides is 2. The van der Waals surface area contributed by atoms with Crippen LogP contribution < -0.4 is 5.73 Å². The summed E-state index contributed by atoms with van der Waals surface area (Å²) in [7, 11) is 0. The zero-order chi connectivity index (χ0) is 18.8. The van der Waals surface area contributed by atoms with E-state index in [1.807, 2.05) is 23.3 Å². The Kier molecular flexibility index (Phi) is 5.11. The van der Waals surface area contributed by atoms with Crippen molar-refractivity contribution in [3.05, 3.63) is 47.0 Å². The van der Waals surface area contributed by atoms with E-state index in [1.54, 1.807) is 12.1 Å². The smallest absolute Gasteiger partial charge is 0.251 e. The Morgan fingerprint density at radius 3 is 2.62 bits per heavy atom. The van der Waals surface area contributed by atoms with Gasteiger partial charge in [-0.25, -0.2) is 4.39 Å². The summed E-state index contributed by atoms with van der Waals surface area (Å²) in [6, 6.07) is 6.20. The second-order valence-corrected chi connectivity index (χ2v) is 6.78. The molecule has 3 rings (SSSR count). The van der Waals surface area contributed by atoms with E-state index < -0.39 is 5.91 Å². The third kappa shape index (κ3) is 3.36. The van der Waals surface area contributed by atoms with Crippen LogP contribution in [-0.2, 0) is 11.3 Å². The summed E-state index contributed by atoms with van der Waals surface area (Å²) in [6.07, 6.45) is 2.36. The van der Waals surface area contributed by atoms with Gasteiger partial charge in [0.05, 0.1) is 5.56 Å². The van der Waals surface area contributed by atoms with Crippen LogP contribution in [0.2, 0.25) is 0 Å². The van der Waals surface area contributed by atoms with Gasteiger partial charge in [0.2, 0.25) is 5.91 Å². The highest BCUT2D eigenvalue weighted by atomic mass is 19.1. The Balaban J connectivity index is 1.90. The van der Waals surface area contributed by atoms with E-state index in [-0.39, 0.29) is 11.7 Å². The van der Waals surface area contributed by atoms with Crippen molar-refractivity contribution >= 4 is 11.8 Å². The number of carbonyl (C=O) groups is 2. The van der Waals surface area contributed by atoms with Gasteiger partial charge in [-0.3, -0.25) is 9.59 Å². The highest BCUT2D eigenvalue weighted by Crippen LogP contribution is 2.32. The maximum absolute atomic E-state index is 13.7. The molecule has 1 aliphatic rings. The first-order valence-electron chi connectivity index (χ1n) is 8.93. The quantitative estimate of drug-likeness (QED) is 0.863. The van der Waals surface area contributed by atoms with Crippen molar-refractivity contribution in [1.29, 1.82) is 0 Å². The van der Waals surface area contributed by atoms with Crippen LogP contribution in [0.4, 0.5) is 4.39 Å². The van der Waals surface area contributed by atoms with Crippen molar-refractivity contribution in [2.75, 3.05) is 13.1 Å². The largest absolute Gasteiger partial charge is 0.366 e. The minimum Gasteiger partial charge on any atom is -0.366 e. The maximum atomic E-state index is 13.7. The third-order valence-electron chi connectivity index (χ3n) is 5.12. The molecule has 1 fully saturated rings. The molecule has 0 aliphatic carbocycles. The number of hydrogen-bond donors (Lipinski definition) is 1. The first kappa shape index (κ1) is 18.2. The molecule has 6 heteroatoms. The van der Waals surface area contributed by atoms with Crippen LogP contribution in [0.3, 0.4) is 0 Å². The molecule has 1 aliphatic heterocycles. The zero-order valence-electron chi connectivity index (χ0n) is 15.2. The predicted molar refractivity (Wildman–Crippen MR) is 98.2 cm³/mol. The van der Waals surface area contributed by atoms with Gasteiger partial charge in [0.15, 0.2) is 0 Å². The van der Waals surface area contributed by atoms with Crippen molar-refractivity contribution < 1.29 is 14.0 Å². The van der Waals surface area contributed by atoms with Crippen LogP contribution in [-0.4, -0.2) is 34.4 Å². The molecule has 0 radical (unpaired) electrons. The summed E-state index contributed by atoms with van der Waals surface area (Å²) in [5.74, 6) is -0.655. The van der Waals surface area contributed by atoms with Gasteiger partial charge in [-0.15, -0.1) is 0 Å². The normalized spacial score (nSPS) is 14.3. The molecule has 26 heavy (non-hydrogen) atoms. The fourth-order valence-electron chi connectivity index (χ4n) is 3.88. The number of benzene rings is 1. The molecule has 0 unspecified atom stereocenters. The maximum Gasteiger partial charge on any atom is 0.251 e. The van der Waals surface area contributed by atoms with Crippen LogP contribution in [0.5, 0.6) is 0 Å². The van der Waals surface area contributed by atoms with E-state index in [9.17, 15) is 14.0 Å². The predicted octanol–water partition coefficient (Wildman–Crippen LogP) is 3.02. The third-order valence-corrected chi connectivity index (χ3v) is 5.12. The molecular weight excluding hydrogens is 333 g/mol. The Morgan fingerprint density at radius 1 is 1.23 bits per heavy atom. The summed E-state index contributed by atoms with van der Waals surface area (Å²) in [6.45, 7) is 5.98. The van der Waals surface area contributed by atoms with E-state index >= 15 is 0 Å². The molecule has 1 aromatic carbocycles. The summed E-state index contributed by atoms with van der Waals surface area (Å²) in [4.78, 5) is 25.7. The van der Waals surface area contributed by atoms with Crippen LogP contribution in [0.1, 0.15) is 41.0 Å². The van der Waals surface area contributed by atoms with Crippen molar-refractivity contribution in [2.24, 2.45) is 5.73 Å². The lowest BCUT2D eigenvalue weighted by atomic mass is 10.00. The number of primary amides is 1. The van der Waals surface area contributed by atoms with Crippen molar-refractivity contribution in [2.45, 2.75) is 39.7 Å². The number of nitrogens with zero attached hydrogens (tertiary/aromatic N) is 2. The lowest BCUT2D eigenvalue weighted by Crippen LogP contribution is -2.26. The Bertz CT molecular complexity index is 857. The average molecular weight is 357 g/mol. The number of aromatic nitrogens is 1. The second-order valence-electron chi connectivity index (χ2n) is 6.78. The molecule has 0 saturated carbocycles. The minimum absolute atomic E-state index is 0.212. The molecular formula is C20H24FN3O2. The number of rotatable bonds is 6. The number of hydrogen-bond acceptors (Lipinski definition) is 2. The molecule has 138 valence electrons. The van der Waals surface area contributed by atoms with Crippen LogP contribution >= 0.6 is 0 Å². The summed E-state index contributed by atoms with van der Waals surface area (Å²) < 4.78 is 15.7. The Hall–Kier alpha value is -2.63. The number of carbonyl (C=O) groups excluding carboxylic acids is 2. The van der Waals surface area contributed by atoms with E-state index in [2.05, 4.69) is 0 Å². The van der Waals surface area contributed by atoms with Crippen LogP contribution in [0, 0.1) is 19.7 Å². The summed E-state index contributed by atoms with van der Waals surface area (Å²) in [5, 5.41) is 0. The van der Waals surface area contributed by atoms with Gasteiger partial charge in [0.25, 0.3) is 5.91 Å². The molecule has 5 nitrogen and oxygen atoms in total. The SMILES string of the molecule is Cc1c(C(N)=O)c(-c2cccc(F)c2)c(C)n1CCCN1CCCC1=O. The molecule has 1 aromatic heterocycles. The minimum atomic E-state index is -0.515. The zero-order valence-corrected chi connectivity index (χ0v) is 15.2. The number of halogens is 1. The van der Waals surface area contributed by atoms with Crippen LogP contribution in [0.15, 0.2) is 24.3 Å². The molecule has 2 N–H and O–H groups in total. The highest BCUT2D eigenvalue weighted by Gasteiger charge is 2.23. The van der Waals surface area contributed by atoms with Crippen molar-refractivity contribution in [3.63, 3.8) is 0 Å². The second kappa shape index (κ2) is 7.32. The van der Waals surface area contributed by atoms with Crippen LogP contribution in [0.25, 0.3) is 11.1 Å². The van der Waals surface area contributed by atoms with Crippen molar-refractivity contribution in [1.82, 2.24) is 9.47 Å².